The summed E-state index contributed by atoms with van der Waals surface area (Å²) in [5, 5.41) is 17.1. The maximum atomic E-state index is 13.8. The minimum absolute atomic E-state index is 0.0531. The van der Waals surface area contributed by atoms with E-state index in [-0.39, 0.29) is 37.0 Å². The first-order chi connectivity index (χ1) is 20.2. The summed E-state index contributed by atoms with van der Waals surface area (Å²) in [6.07, 6.45) is -1.33. The number of hydrogen-bond donors (Lipinski definition) is 3. The number of alkyl carbamates (subject to hydrolysis) is 1. The lowest BCUT2D eigenvalue weighted by molar-refractivity contribution is -0.152. The summed E-state index contributed by atoms with van der Waals surface area (Å²) >= 11 is 1.47. The number of aliphatic hydroxyl groups excluding tert-OH is 1. The fraction of sp³-hybridized carbons (Fsp3) is 0.516. The van der Waals surface area contributed by atoms with Crippen LogP contribution < -0.4 is 10.6 Å². The minimum Gasteiger partial charge on any atom is -0.443 e. The van der Waals surface area contributed by atoms with Crippen LogP contribution in [0.25, 0.3) is 0 Å². The van der Waals surface area contributed by atoms with E-state index in [1.54, 1.807) is 0 Å². The van der Waals surface area contributed by atoms with Gasteiger partial charge in [-0.25, -0.2) is 4.79 Å². The molecule has 0 radical (unpaired) electrons. The van der Waals surface area contributed by atoms with Crippen molar-refractivity contribution in [3.05, 3.63) is 71.8 Å². The van der Waals surface area contributed by atoms with Gasteiger partial charge in [-0.2, -0.15) is 0 Å². The third-order valence-corrected chi connectivity index (χ3v) is 9.47. The van der Waals surface area contributed by atoms with Crippen molar-refractivity contribution in [2.75, 3.05) is 19.1 Å². The van der Waals surface area contributed by atoms with Gasteiger partial charge in [-0.1, -0.05) is 60.7 Å². The first-order valence-electron chi connectivity index (χ1n) is 14.4. The van der Waals surface area contributed by atoms with E-state index in [0.29, 0.717) is 13.2 Å². The Morgan fingerprint density at radius 2 is 1.76 bits per heavy atom. The second-order valence-corrected chi connectivity index (χ2v) is 13.1. The molecule has 11 heteroatoms. The lowest BCUT2D eigenvalue weighted by Crippen LogP contribution is -2.58. The Kier molecular flexibility index (Phi) is 9.72. The molecule has 0 bridgehead atoms. The van der Waals surface area contributed by atoms with E-state index in [9.17, 15) is 19.5 Å². The van der Waals surface area contributed by atoms with Crippen molar-refractivity contribution in [1.29, 1.82) is 0 Å². The van der Waals surface area contributed by atoms with Gasteiger partial charge in [0.2, 0.25) is 5.91 Å². The lowest BCUT2D eigenvalue weighted by Gasteiger charge is -2.33. The van der Waals surface area contributed by atoms with Crippen LogP contribution in [0.1, 0.15) is 37.8 Å². The number of nitrogens with one attached hydrogen (secondary N) is 2. The maximum absolute atomic E-state index is 13.8. The standard InChI is InChI=1S/C31H39N3O7S/c1-31(2)26(27(36)32-17-21-12-7-4-8-13-21)34(19-42-31)28(37)25(35)23(16-20-10-5-3-6-11-20)33-30(38)41-24-18-40-29-22(24)14-9-15-39-29/h3-8,10-13,22-26,29,35H,9,14-19H2,1-2H3,(H,32,36)(H,33,38)/t22-,23+,24-,25+,26-,29+/m1/s1. The minimum atomic E-state index is -1.61. The third-order valence-electron chi connectivity index (χ3n) is 8.10. The smallest absolute Gasteiger partial charge is 0.407 e. The Morgan fingerprint density at radius 3 is 2.48 bits per heavy atom. The molecule has 3 saturated heterocycles. The number of ether oxygens (including phenoxy) is 3. The highest BCUT2D eigenvalue weighted by Gasteiger charge is 2.50. The van der Waals surface area contributed by atoms with Gasteiger partial charge in [0.1, 0.15) is 12.1 Å². The van der Waals surface area contributed by atoms with Gasteiger partial charge in [0.15, 0.2) is 12.4 Å². The largest absolute Gasteiger partial charge is 0.443 e. The van der Waals surface area contributed by atoms with E-state index in [0.717, 1.165) is 24.0 Å². The van der Waals surface area contributed by atoms with Crippen molar-refractivity contribution >= 4 is 29.7 Å². The van der Waals surface area contributed by atoms with Gasteiger partial charge >= 0.3 is 6.09 Å². The SMILES string of the molecule is CC1(C)SCN(C(=O)[C@@H](O)[C@H](Cc2ccccc2)NC(=O)O[C@@H]2CO[C@@H]3OCCC[C@@H]32)[C@@H]1C(=O)NCc1ccccc1. The van der Waals surface area contributed by atoms with E-state index >= 15 is 0 Å². The monoisotopic (exact) mass is 597 g/mol. The van der Waals surface area contributed by atoms with Crippen LogP contribution in [0.3, 0.4) is 0 Å². The molecule has 3 N–H and O–H groups in total. The van der Waals surface area contributed by atoms with Gasteiger partial charge in [0, 0.05) is 23.8 Å². The molecule has 0 unspecified atom stereocenters. The van der Waals surface area contributed by atoms with Crippen molar-refractivity contribution in [3.63, 3.8) is 0 Å². The maximum Gasteiger partial charge on any atom is 0.407 e. The number of carbonyl (C=O) groups excluding carboxylic acids is 3. The molecule has 226 valence electrons. The zero-order valence-electron chi connectivity index (χ0n) is 23.9. The molecule has 0 spiro atoms. The summed E-state index contributed by atoms with van der Waals surface area (Å²) in [6, 6.07) is 17.0. The molecule has 3 aliphatic rings. The molecule has 3 aliphatic heterocycles. The molecule has 6 atom stereocenters. The van der Waals surface area contributed by atoms with Gasteiger partial charge in [-0.15, -0.1) is 11.8 Å². The molecule has 5 rings (SSSR count). The fourth-order valence-corrected chi connectivity index (χ4v) is 6.96. The summed E-state index contributed by atoms with van der Waals surface area (Å²) in [4.78, 5) is 41.7. The van der Waals surface area contributed by atoms with Crippen molar-refractivity contribution in [3.8, 4) is 0 Å². The zero-order valence-corrected chi connectivity index (χ0v) is 24.8. The Hall–Kier alpha value is -3.12. The van der Waals surface area contributed by atoms with Crippen LogP contribution in [0.4, 0.5) is 4.79 Å². The molecular weight excluding hydrogens is 558 g/mol. The van der Waals surface area contributed by atoms with E-state index in [1.165, 1.54) is 16.7 Å². The van der Waals surface area contributed by atoms with Gasteiger partial charge in [0.05, 0.1) is 18.5 Å². The van der Waals surface area contributed by atoms with E-state index in [4.69, 9.17) is 14.2 Å². The molecule has 3 fully saturated rings. The molecule has 2 aromatic rings. The molecule has 0 saturated carbocycles. The van der Waals surface area contributed by atoms with Crippen LogP contribution in [-0.4, -0.2) is 82.3 Å². The molecule has 3 heterocycles. The molecule has 3 amide bonds. The molecule has 10 nitrogen and oxygen atoms in total. The summed E-state index contributed by atoms with van der Waals surface area (Å²) in [5.41, 5.74) is 1.77. The first kappa shape index (κ1) is 30.3. The average molecular weight is 598 g/mol. The summed E-state index contributed by atoms with van der Waals surface area (Å²) in [7, 11) is 0. The zero-order chi connectivity index (χ0) is 29.7. The second-order valence-electron chi connectivity index (χ2n) is 11.5. The molecule has 42 heavy (non-hydrogen) atoms. The number of nitrogens with zero attached hydrogens (tertiary/aromatic N) is 1. The van der Waals surface area contributed by atoms with Crippen LogP contribution in [-0.2, 0) is 36.8 Å². The number of hydrogen-bond acceptors (Lipinski definition) is 8. The number of benzene rings is 2. The second kappa shape index (κ2) is 13.5. The number of rotatable bonds is 9. The van der Waals surface area contributed by atoms with E-state index in [1.807, 2.05) is 74.5 Å². The highest BCUT2D eigenvalue weighted by atomic mass is 32.2. The predicted molar refractivity (Wildman–Crippen MR) is 157 cm³/mol. The lowest BCUT2D eigenvalue weighted by atomic mass is 9.96. The number of amides is 3. The Balaban J connectivity index is 1.28. The first-order valence-corrected chi connectivity index (χ1v) is 15.4. The van der Waals surface area contributed by atoms with Crippen LogP contribution in [0.5, 0.6) is 0 Å². The highest BCUT2D eigenvalue weighted by Crippen LogP contribution is 2.40. The number of fused-ring (bicyclic) bond motifs is 1. The highest BCUT2D eigenvalue weighted by molar-refractivity contribution is 8.00. The Labute approximate surface area is 250 Å². The molecule has 0 aliphatic carbocycles. The quantitative estimate of drug-likeness (QED) is 0.403. The van der Waals surface area contributed by atoms with Crippen LogP contribution in [0, 0.1) is 5.92 Å². The van der Waals surface area contributed by atoms with Crippen molar-refractivity contribution < 1.29 is 33.7 Å². The van der Waals surface area contributed by atoms with Gasteiger partial charge in [0.25, 0.3) is 5.91 Å². The molecular formula is C31H39N3O7S. The summed E-state index contributed by atoms with van der Waals surface area (Å²) < 4.78 is 16.4. The normalized spacial score (nSPS) is 26.1. The van der Waals surface area contributed by atoms with Crippen molar-refractivity contribution in [2.24, 2.45) is 5.92 Å². The predicted octanol–water partition coefficient (Wildman–Crippen LogP) is 2.83. The van der Waals surface area contributed by atoms with Gasteiger partial charge < -0.3 is 34.9 Å². The average Bonchev–Trinajstić information content (AvgIpc) is 3.55. The van der Waals surface area contributed by atoms with E-state index in [2.05, 4.69) is 10.6 Å². The van der Waals surface area contributed by atoms with Crippen molar-refractivity contribution in [1.82, 2.24) is 15.5 Å². The van der Waals surface area contributed by atoms with E-state index < -0.39 is 41.0 Å². The number of carbonyl (C=O) groups is 3. The topological polar surface area (TPSA) is 126 Å². The van der Waals surface area contributed by atoms with Gasteiger partial charge in [-0.3, -0.25) is 9.59 Å². The number of thioether (sulfide) groups is 1. The van der Waals surface area contributed by atoms with Crippen LogP contribution >= 0.6 is 11.8 Å². The summed E-state index contributed by atoms with van der Waals surface area (Å²) in [6.45, 7) is 4.99. The number of aliphatic hydroxyl groups is 1. The van der Waals surface area contributed by atoms with Crippen LogP contribution in [0.2, 0.25) is 0 Å². The van der Waals surface area contributed by atoms with Crippen LogP contribution in [0.15, 0.2) is 60.7 Å². The summed E-state index contributed by atoms with van der Waals surface area (Å²) in [5.74, 6) is -0.745. The van der Waals surface area contributed by atoms with Crippen molar-refractivity contribution in [2.45, 2.75) is 75.0 Å². The Bertz CT molecular complexity index is 1230. The van der Waals surface area contributed by atoms with Gasteiger partial charge in [-0.05, 0) is 44.2 Å². The molecule has 2 aromatic carbocycles. The third kappa shape index (κ3) is 7.08. The fourth-order valence-electron chi connectivity index (χ4n) is 5.81. The Morgan fingerprint density at radius 1 is 1.07 bits per heavy atom. The molecule has 0 aromatic heterocycles.